The van der Waals surface area contributed by atoms with Crippen molar-refractivity contribution < 1.29 is 4.42 Å². The topological polar surface area (TPSA) is 38.9 Å². The predicted molar refractivity (Wildman–Crippen MR) is 203 cm³/mol. The summed E-state index contributed by atoms with van der Waals surface area (Å²) in [5.74, 6) is 0.733. The van der Waals surface area contributed by atoms with Crippen LogP contribution in [0, 0.1) is 20.8 Å². The Morgan fingerprint density at radius 1 is 0.479 bits per heavy atom. The highest BCUT2D eigenvalue weighted by Crippen LogP contribution is 2.40. The standard InChI is InChI=1S/C36H26N2O.C7H8.C2H6/c1-23-20-21-27(28-17-11-18-30-29-16-9-10-19-32(29)39-35(28)30)22-31(23)33-24(2)37-36(26-14-7-4-8-15-26)38-34(33)25-12-5-3-6-13-25;1-7-5-3-2-4-6-7;1-2/h3-22H,1-2H3;2-6H,1H3;1-2H3. The highest BCUT2D eigenvalue weighted by Gasteiger charge is 2.19. The molecule has 2 heterocycles. The van der Waals surface area contributed by atoms with Crippen LogP contribution in [0.1, 0.15) is 30.7 Å². The summed E-state index contributed by atoms with van der Waals surface area (Å²) < 4.78 is 6.37. The Balaban J connectivity index is 0.000000393. The average molecular weight is 625 g/mol. The van der Waals surface area contributed by atoms with Gasteiger partial charge in [-0.2, -0.15) is 0 Å². The van der Waals surface area contributed by atoms with E-state index in [1.807, 2.05) is 68.4 Å². The van der Waals surface area contributed by atoms with Crippen molar-refractivity contribution in [3.05, 3.63) is 168 Å². The maximum Gasteiger partial charge on any atom is 0.160 e. The minimum absolute atomic E-state index is 0.733. The number of aromatic nitrogens is 2. The van der Waals surface area contributed by atoms with Gasteiger partial charge in [0, 0.05) is 38.7 Å². The second-order valence-electron chi connectivity index (χ2n) is 11.6. The smallest absolute Gasteiger partial charge is 0.160 e. The first-order valence-electron chi connectivity index (χ1n) is 16.6. The number of para-hydroxylation sites is 2. The Labute approximate surface area is 283 Å². The van der Waals surface area contributed by atoms with Gasteiger partial charge in [-0.3, -0.25) is 0 Å². The van der Waals surface area contributed by atoms with Crippen LogP contribution in [-0.2, 0) is 0 Å². The van der Waals surface area contributed by atoms with Gasteiger partial charge >= 0.3 is 0 Å². The van der Waals surface area contributed by atoms with E-state index in [-0.39, 0.29) is 0 Å². The Hall–Kier alpha value is -5.80. The first-order chi connectivity index (χ1) is 23.6. The van der Waals surface area contributed by atoms with Crippen molar-refractivity contribution in [2.24, 2.45) is 0 Å². The molecule has 8 aromatic rings. The van der Waals surface area contributed by atoms with Gasteiger partial charge < -0.3 is 4.42 Å². The van der Waals surface area contributed by atoms with Crippen LogP contribution in [0.15, 0.2) is 156 Å². The van der Waals surface area contributed by atoms with Crippen molar-refractivity contribution in [1.82, 2.24) is 9.97 Å². The van der Waals surface area contributed by atoms with E-state index in [9.17, 15) is 0 Å². The molecule has 8 rings (SSSR count). The minimum atomic E-state index is 0.733. The van der Waals surface area contributed by atoms with Crippen LogP contribution in [0.2, 0.25) is 0 Å². The first kappa shape index (κ1) is 32.2. The number of aryl methyl sites for hydroxylation is 3. The number of nitrogens with zero attached hydrogens (tertiary/aromatic N) is 2. The van der Waals surface area contributed by atoms with E-state index < -0.39 is 0 Å². The lowest BCUT2D eigenvalue weighted by Gasteiger charge is -2.17. The monoisotopic (exact) mass is 624 g/mol. The third-order valence-corrected chi connectivity index (χ3v) is 8.33. The molecule has 0 saturated carbocycles. The van der Waals surface area contributed by atoms with Gasteiger partial charge in [0.2, 0.25) is 0 Å². The van der Waals surface area contributed by atoms with Crippen molar-refractivity contribution >= 4 is 21.9 Å². The zero-order chi connectivity index (χ0) is 33.5. The zero-order valence-electron chi connectivity index (χ0n) is 28.2. The lowest BCUT2D eigenvalue weighted by atomic mass is 9.91. The molecule has 0 aliphatic rings. The maximum absolute atomic E-state index is 6.37. The van der Waals surface area contributed by atoms with E-state index in [0.717, 1.165) is 72.5 Å². The summed E-state index contributed by atoms with van der Waals surface area (Å²) >= 11 is 0. The van der Waals surface area contributed by atoms with Crippen molar-refractivity contribution in [3.63, 3.8) is 0 Å². The number of rotatable bonds is 4. The molecule has 0 bridgehead atoms. The third-order valence-electron chi connectivity index (χ3n) is 8.33. The van der Waals surface area contributed by atoms with Crippen LogP contribution in [0.25, 0.3) is 66.8 Å². The third kappa shape index (κ3) is 6.67. The fourth-order valence-electron chi connectivity index (χ4n) is 5.98. The van der Waals surface area contributed by atoms with Gasteiger partial charge in [-0.05, 0) is 49.6 Å². The minimum Gasteiger partial charge on any atom is -0.455 e. The van der Waals surface area contributed by atoms with Crippen LogP contribution in [0.3, 0.4) is 0 Å². The molecule has 0 aliphatic heterocycles. The Bertz CT molecular complexity index is 2270. The Morgan fingerprint density at radius 3 is 1.75 bits per heavy atom. The molecule has 0 amide bonds. The summed E-state index contributed by atoms with van der Waals surface area (Å²) in [6.07, 6.45) is 0. The van der Waals surface area contributed by atoms with Crippen molar-refractivity contribution in [1.29, 1.82) is 0 Å². The van der Waals surface area contributed by atoms with Crippen LogP contribution in [0.4, 0.5) is 0 Å². The van der Waals surface area contributed by atoms with E-state index in [1.165, 1.54) is 11.1 Å². The summed E-state index contributed by atoms with van der Waals surface area (Å²) in [5, 5.41) is 2.26. The molecular formula is C45H40N2O. The van der Waals surface area contributed by atoms with Crippen molar-refractivity contribution in [2.75, 3.05) is 0 Å². The zero-order valence-corrected chi connectivity index (χ0v) is 28.2. The predicted octanol–water partition coefficient (Wildman–Crippen LogP) is 12.7. The molecule has 3 heteroatoms. The second kappa shape index (κ2) is 14.7. The number of furan rings is 1. The molecule has 0 aliphatic carbocycles. The lowest BCUT2D eigenvalue weighted by molar-refractivity contribution is 0.670. The maximum atomic E-state index is 6.37. The molecule has 6 aromatic carbocycles. The highest BCUT2D eigenvalue weighted by molar-refractivity contribution is 6.09. The molecule has 0 radical (unpaired) electrons. The summed E-state index contributed by atoms with van der Waals surface area (Å²) in [7, 11) is 0. The second-order valence-corrected chi connectivity index (χ2v) is 11.6. The van der Waals surface area contributed by atoms with Crippen molar-refractivity contribution in [3.8, 4) is 44.9 Å². The van der Waals surface area contributed by atoms with E-state index in [1.54, 1.807) is 0 Å². The largest absolute Gasteiger partial charge is 0.455 e. The van der Waals surface area contributed by atoms with Gasteiger partial charge in [0.05, 0.1) is 5.69 Å². The van der Waals surface area contributed by atoms with Crippen LogP contribution < -0.4 is 0 Å². The van der Waals surface area contributed by atoms with Gasteiger partial charge in [-0.1, -0.05) is 159 Å². The van der Waals surface area contributed by atoms with Gasteiger partial charge in [0.1, 0.15) is 11.2 Å². The van der Waals surface area contributed by atoms with E-state index in [2.05, 4.69) is 118 Å². The molecule has 236 valence electrons. The quantitative estimate of drug-likeness (QED) is 0.196. The van der Waals surface area contributed by atoms with E-state index in [0.29, 0.717) is 0 Å². The normalized spacial score (nSPS) is 10.6. The molecule has 0 atom stereocenters. The Morgan fingerprint density at radius 2 is 1.08 bits per heavy atom. The summed E-state index contributed by atoms with van der Waals surface area (Å²) in [5.41, 5.74) is 12.6. The highest BCUT2D eigenvalue weighted by atomic mass is 16.3. The van der Waals surface area contributed by atoms with E-state index in [4.69, 9.17) is 14.4 Å². The van der Waals surface area contributed by atoms with E-state index >= 15 is 0 Å². The molecule has 0 N–H and O–H groups in total. The fourth-order valence-corrected chi connectivity index (χ4v) is 5.98. The SMILES string of the molecule is CC.Cc1ccc(-c2cccc3c2oc2ccccc23)cc1-c1c(C)nc(-c2ccccc2)nc1-c1ccccc1.Cc1ccccc1. The summed E-state index contributed by atoms with van der Waals surface area (Å²) in [6, 6.07) is 52.1. The molecule has 0 saturated heterocycles. The fraction of sp³-hybridized carbons (Fsp3) is 0.111. The van der Waals surface area contributed by atoms with Gasteiger partial charge in [-0.15, -0.1) is 0 Å². The number of hydrogen-bond donors (Lipinski definition) is 0. The average Bonchev–Trinajstić information content (AvgIpc) is 3.53. The van der Waals surface area contributed by atoms with Gasteiger partial charge in [0.25, 0.3) is 0 Å². The van der Waals surface area contributed by atoms with Gasteiger partial charge in [-0.25, -0.2) is 9.97 Å². The first-order valence-corrected chi connectivity index (χ1v) is 16.6. The molecule has 48 heavy (non-hydrogen) atoms. The number of benzene rings is 6. The molecule has 2 aromatic heterocycles. The number of hydrogen-bond acceptors (Lipinski definition) is 3. The van der Waals surface area contributed by atoms with Crippen LogP contribution >= 0.6 is 0 Å². The summed E-state index contributed by atoms with van der Waals surface area (Å²) in [6.45, 7) is 10.3. The molecule has 0 unspecified atom stereocenters. The molecule has 0 fully saturated rings. The number of fused-ring (bicyclic) bond motifs is 3. The molecular weight excluding hydrogens is 585 g/mol. The Kier molecular flexibility index (Phi) is 9.88. The van der Waals surface area contributed by atoms with Crippen molar-refractivity contribution in [2.45, 2.75) is 34.6 Å². The van der Waals surface area contributed by atoms with Crippen LogP contribution in [-0.4, -0.2) is 9.97 Å². The summed E-state index contributed by atoms with van der Waals surface area (Å²) in [4.78, 5) is 10.1. The lowest BCUT2D eigenvalue weighted by Crippen LogP contribution is -2.01. The van der Waals surface area contributed by atoms with Crippen LogP contribution in [0.5, 0.6) is 0 Å². The van der Waals surface area contributed by atoms with Gasteiger partial charge in [0.15, 0.2) is 5.82 Å². The molecule has 0 spiro atoms. The molecule has 3 nitrogen and oxygen atoms in total.